The number of ether oxygens (including phenoxy) is 3. The Bertz CT molecular complexity index is 3330. The second kappa shape index (κ2) is 30.2. The molecule has 0 atom stereocenters. The molecule has 0 radical (unpaired) electrons. The van der Waals surface area contributed by atoms with Gasteiger partial charge < -0.3 is 44.9 Å². The molecule has 3 aliphatic heterocycles. The number of hydrogen-bond acceptors (Lipinski definition) is 17. The Balaban J connectivity index is 0.000000167. The van der Waals surface area contributed by atoms with E-state index in [2.05, 4.69) is 46.1 Å². The number of carbonyl (C=O) groups excluding carboxylic acids is 3. The number of nitrogens with one attached hydrogen (secondary N) is 3. The summed E-state index contributed by atoms with van der Waals surface area (Å²) in [5.41, 5.74) is 3.21. The normalized spacial score (nSPS) is 20.2. The van der Waals surface area contributed by atoms with Crippen molar-refractivity contribution in [2.24, 2.45) is 0 Å². The van der Waals surface area contributed by atoms with E-state index in [9.17, 15) is 40.7 Å². The predicted molar refractivity (Wildman–Crippen MR) is 343 cm³/mol. The number of rotatable bonds is 11. The summed E-state index contributed by atoms with van der Waals surface area (Å²) in [4.78, 5) is 68.9. The Morgan fingerprint density at radius 1 is 0.468 bits per heavy atom. The molecule has 3 amide bonds. The largest absolute Gasteiger partial charge is 0.453 e. The maximum absolute atomic E-state index is 13.6. The number of piperidine rings is 3. The van der Waals surface area contributed by atoms with Crippen molar-refractivity contribution in [2.45, 2.75) is 236 Å². The van der Waals surface area contributed by atoms with Gasteiger partial charge >= 0.3 is 18.3 Å². The molecular formula is C65H91ClF6N16O6. The molecule has 94 heavy (non-hydrogen) atoms. The van der Waals surface area contributed by atoms with Crippen molar-refractivity contribution in [1.82, 2.24) is 64.2 Å². The number of aryl methyl sites for hydroxylation is 2. The van der Waals surface area contributed by atoms with Crippen molar-refractivity contribution in [2.75, 3.05) is 62.3 Å². The molecule has 0 spiro atoms. The standard InChI is InChI=1S/C24H34F2N6O2.C21H28F2N6O2.C20H29ClF2N4O2/c1-16-7-14-32(30-16)21-28-19(15-20(29-21)27-18-5-10-24(25,26)11-6-18)17-8-12-31(13-9-17)22(33)34-23(2,3)4;1-14-5-12-29(27-14)19-25-17(15-6-10-28(11-7-15)20(30)31-2)13-18(26-19)24-16-3-8-21(22,23)9-4-16;1-19(2,3)29-18(28)27-10-6-13(7-11-27)15-12-16(26-17(21)25-15)24-14-4-8-20(22,23)9-5-14/h7,14-15,17-18H,5-6,8-13H2,1-4H3,(H,27,28,29);5,12-13,15-16H,3-4,6-11H2,1-2H3,(H,24,25,26);12-14H,4-11H2,1-3H3,(H,24,25,26). The van der Waals surface area contributed by atoms with Gasteiger partial charge in [-0.25, -0.2) is 70.0 Å². The highest BCUT2D eigenvalue weighted by Gasteiger charge is 2.39. The van der Waals surface area contributed by atoms with E-state index in [0.29, 0.717) is 107 Å². The SMILES string of the molecule is CC(C)(C)OC(=O)N1CCC(c2cc(NC3CCC(F)(F)CC3)nc(Cl)n2)CC1.COC(=O)N1CCC(c2cc(NC3CCC(F)(F)CC3)nc(-n3ccc(C)n3)n2)CC1.Cc1ccn(-c2nc(NC3CCC(F)(F)CC3)cc(C3CCN(C(=O)OC(C)(C)C)CC3)n2)n1. The van der Waals surface area contributed by atoms with Crippen LogP contribution in [0.2, 0.25) is 5.28 Å². The topological polar surface area (TPSA) is 238 Å². The van der Waals surface area contributed by atoms with Crippen LogP contribution in [0.25, 0.3) is 11.9 Å². The smallest absolute Gasteiger partial charge is 0.410 e. The molecule has 0 bridgehead atoms. The number of anilines is 3. The van der Waals surface area contributed by atoms with Crippen molar-refractivity contribution in [3.8, 4) is 11.9 Å². The minimum atomic E-state index is -2.57. The Morgan fingerprint density at radius 2 is 0.766 bits per heavy atom. The summed E-state index contributed by atoms with van der Waals surface area (Å²) in [6.45, 7) is 18.4. The first-order valence-corrected chi connectivity index (χ1v) is 33.3. The first-order valence-electron chi connectivity index (χ1n) is 32.9. The molecule has 5 aromatic rings. The fourth-order valence-corrected chi connectivity index (χ4v) is 12.7. The van der Waals surface area contributed by atoms with Crippen molar-refractivity contribution in [1.29, 1.82) is 0 Å². The van der Waals surface area contributed by atoms with Gasteiger partial charge in [0.25, 0.3) is 11.9 Å². The number of nitrogens with zero attached hydrogens (tertiary/aromatic N) is 13. The average molecular weight is 1340 g/mol. The monoisotopic (exact) mass is 1340 g/mol. The average Bonchev–Trinajstić information content (AvgIpc) is 1.37. The molecule has 22 nitrogen and oxygen atoms in total. The van der Waals surface area contributed by atoms with Gasteiger partial charge in [0.05, 0.1) is 35.6 Å². The minimum Gasteiger partial charge on any atom is -0.453 e. The van der Waals surface area contributed by atoms with E-state index in [-0.39, 0.29) is 98.0 Å². The summed E-state index contributed by atoms with van der Waals surface area (Å²) < 4.78 is 99.9. The van der Waals surface area contributed by atoms with Crippen molar-refractivity contribution in [3.05, 3.63) is 76.5 Å². The van der Waals surface area contributed by atoms with Crippen molar-refractivity contribution < 1.29 is 54.9 Å². The number of likely N-dealkylation sites (tertiary alicyclic amines) is 3. The Hall–Kier alpha value is -7.26. The first-order chi connectivity index (χ1) is 44.3. The highest BCUT2D eigenvalue weighted by Crippen LogP contribution is 2.39. The quantitative estimate of drug-likeness (QED) is 0.0633. The van der Waals surface area contributed by atoms with Gasteiger partial charge in [-0.15, -0.1) is 0 Å². The number of hydrogen-bond donors (Lipinski definition) is 3. The molecule has 5 aromatic heterocycles. The fraction of sp³-hybridized carbons (Fsp3) is 0.677. The van der Waals surface area contributed by atoms with Crippen LogP contribution in [0.4, 0.5) is 58.2 Å². The van der Waals surface area contributed by atoms with Gasteiger partial charge in [-0.2, -0.15) is 20.2 Å². The molecule has 29 heteroatoms. The lowest BCUT2D eigenvalue weighted by Crippen LogP contribution is -2.41. The highest BCUT2D eigenvalue weighted by atomic mass is 35.5. The lowest BCUT2D eigenvalue weighted by molar-refractivity contribution is -0.0366. The third kappa shape index (κ3) is 20.9. The third-order valence-electron chi connectivity index (χ3n) is 17.7. The summed E-state index contributed by atoms with van der Waals surface area (Å²) >= 11 is 6.12. The molecular weight excluding hydrogens is 1250 g/mol. The Labute approximate surface area is 550 Å². The van der Waals surface area contributed by atoms with E-state index in [1.165, 1.54) is 7.11 Å². The van der Waals surface area contributed by atoms with Gasteiger partial charge in [0.15, 0.2) is 0 Å². The molecule has 11 rings (SSSR count). The number of alkyl halides is 6. The van der Waals surface area contributed by atoms with Crippen LogP contribution in [0.15, 0.2) is 42.7 Å². The van der Waals surface area contributed by atoms with Gasteiger partial charge in [0.1, 0.15) is 28.7 Å². The molecule has 3 saturated heterocycles. The summed E-state index contributed by atoms with van der Waals surface area (Å²) in [7, 11) is 1.39. The van der Waals surface area contributed by atoms with Crippen molar-refractivity contribution in [3.63, 3.8) is 0 Å². The summed E-state index contributed by atoms with van der Waals surface area (Å²) in [5.74, 6) is -4.52. The van der Waals surface area contributed by atoms with Gasteiger partial charge in [-0.05, 0) is 156 Å². The zero-order valence-electron chi connectivity index (χ0n) is 55.4. The molecule has 3 saturated carbocycles. The van der Waals surface area contributed by atoms with Gasteiger partial charge in [0.2, 0.25) is 23.1 Å². The van der Waals surface area contributed by atoms with E-state index in [1.807, 2.05) is 91.9 Å². The van der Waals surface area contributed by atoms with Gasteiger partial charge in [-0.3, -0.25) is 0 Å². The van der Waals surface area contributed by atoms with Crippen LogP contribution in [0.1, 0.15) is 203 Å². The fourth-order valence-electron chi connectivity index (χ4n) is 12.5. The Morgan fingerprint density at radius 3 is 1.05 bits per heavy atom. The van der Waals surface area contributed by atoms with E-state index in [1.54, 1.807) is 30.3 Å². The lowest BCUT2D eigenvalue weighted by atomic mass is 9.92. The van der Waals surface area contributed by atoms with E-state index >= 15 is 0 Å². The van der Waals surface area contributed by atoms with Crippen LogP contribution in [-0.2, 0) is 14.2 Å². The number of amides is 3. The molecule has 0 unspecified atom stereocenters. The van der Waals surface area contributed by atoms with Gasteiger partial charge in [-0.1, -0.05) is 0 Å². The Kier molecular flexibility index (Phi) is 22.8. The maximum atomic E-state index is 13.6. The number of halogens is 7. The lowest BCUT2D eigenvalue weighted by Gasteiger charge is -2.33. The number of aromatic nitrogens is 10. The minimum absolute atomic E-state index is 0.0394. The predicted octanol–water partition coefficient (Wildman–Crippen LogP) is 14.2. The molecule has 6 aliphatic rings. The van der Waals surface area contributed by atoms with Crippen LogP contribution in [0.5, 0.6) is 0 Å². The van der Waals surface area contributed by atoms with Gasteiger partial charge in [0, 0.05) is 144 Å². The number of carbonyl (C=O) groups is 3. The van der Waals surface area contributed by atoms with E-state index in [4.69, 9.17) is 35.8 Å². The molecule has 6 fully saturated rings. The zero-order valence-corrected chi connectivity index (χ0v) is 56.1. The molecule has 0 aromatic carbocycles. The highest BCUT2D eigenvalue weighted by molar-refractivity contribution is 6.28. The van der Waals surface area contributed by atoms with E-state index in [0.717, 1.165) is 67.0 Å². The summed E-state index contributed by atoms with van der Waals surface area (Å²) in [6.07, 6.45) is 8.98. The molecule has 516 valence electrons. The second-order valence-corrected chi connectivity index (χ2v) is 28.1. The second-order valence-electron chi connectivity index (χ2n) is 27.7. The first kappa shape index (κ1) is 71.0. The van der Waals surface area contributed by atoms with Crippen LogP contribution in [-0.4, -0.2) is 176 Å². The van der Waals surface area contributed by atoms with Crippen LogP contribution >= 0.6 is 11.6 Å². The van der Waals surface area contributed by atoms with Crippen LogP contribution in [0.3, 0.4) is 0 Å². The zero-order chi connectivity index (χ0) is 67.8. The maximum Gasteiger partial charge on any atom is 0.410 e. The molecule has 3 aliphatic carbocycles. The van der Waals surface area contributed by atoms with Crippen LogP contribution < -0.4 is 16.0 Å². The number of methoxy groups -OCH3 is 1. The summed E-state index contributed by atoms with van der Waals surface area (Å²) in [5, 5.41) is 18.9. The summed E-state index contributed by atoms with van der Waals surface area (Å²) in [6, 6.07) is 9.30. The molecule has 3 N–H and O–H groups in total. The molecule has 8 heterocycles. The van der Waals surface area contributed by atoms with Crippen LogP contribution in [0, 0.1) is 13.8 Å². The third-order valence-corrected chi connectivity index (χ3v) is 17.9. The van der Waals surface area contributed by atoms with Crippen molar-refractivity contribution >= 4 is 47.3 Å². The van der Waals surface area contributed by atoms with E-state index < -0.39 is 29.0 Å².